The second-order valence-electron chi connectivity index (χ2n) is 3.20. The number of rotatable bonds is 7. The van der Waals surface area contributed by atoms with E-state index < -0.39 is 6.72 Å². The van der Waals surface area contributed by atoms with Crippen molar-refractivity contribution in [3.63, 3.8) is 0 Å². The molecule has 0 spiro atoms. The first kappa shape index (κ1) is 17.5. The first-order valence-electron chi connectivity index (χ1n) is 4.69. The van der Waals surface area contributed by atoms with Gasteiger partial charge in [-0.1, -0.05) is 33.1 Å². The number of hydrogen-bond donors (Lipinski definition) is 2. The molecule has 0 aliphatic rings. The van der Waals surface area contributed by atoms with Crippen LogP contribution in [0.1, 0.15) is 39.5 Å². The fraction of sp³-hybridized carbons (Fsp3) is 1.00. The Morgan fingerprint density at radius 3 is 2.29 bits per heavy atom. The van der Waals surface area contributed by atoms with E-state index in [9.17, 15) is 0 Å². The molecule has 0 aromatic rings. The molecule has 0 bridgehead atoms. The van der Waals surface area contributed by atoms with Crippen molar-refractivity contribution in [2.24, 2.45) is 5.92 Å². The summed E-state index contributed by atoms with van der Waals surface area (Å²) in [6, 6.07) is 0. The van der Waals surface area contributed by atoms with Crippen LogP contribution in [-0.4, -0.2) is 16.4 Å². The van der Waals surface area contributed by atoms with Crippen LogP contribution in [-0.2, 0) is 35.8 Å². The zero-order chi connectivity index (χ0) is 10.3. The second kappa shape index (κ2) is 9.38. The van der Waals surface area contributed by atoms with Gasteiger partial charge < -0.3 is 14.3 Å². The topological polar surface area (TPSA) is 49.7 Å². The van der Waals surface area contributed by atoms with Gasteiger partial charge in [0.05, 0.1) is 6.61 Å². The maximum absolute atomic E-state index is 8.85. The van der Waals surface area contributed by atoms with E-state index in [1.165, 1.54) is 0 Å². The molecule has 0 aromatic carbocycles. The first-order valence-corrected chi connectivity index (χ1v) is 7.32. The van der Waals surface area contributed by atoms with E-state index in [0.29, 0.717) is 12.5 Å². The molecular weight excluding hydrogens is 273 g/mol. The van der Waals surface area contributed by atoms with Crippen LogP contribution >= 0.6 is 6.72 Å². The molecular formula is C8H19O3PSZn. The van der Waals surface area contributed by atoms with Crippen LogP contribution in [0.4, 0.5) is 0 Å². The average molecular weight is 292 g/mol. The summed E-state index contributed by atoms with van der Waals surface area (Å²) in [6.07, 6.45) is 4.38. The third-order valence-corrected chi connectivity index (χ3v) is 2.82. The molecule has 0 fully saturated rings. The van der Waals surface area contributed by atoms with Gasteiger partial charge in [0.2, 0.25) is 0 Å². The van der Waals surface area contributed by atoms with Crippen molar-refractivity contribution in [2.45, 2.75) is 39.5 Å². The Morgan fingerprint density at radius 2 is 1.93 bits per heavy atom. The Kier molecular flexibility index (Phi) is 11.8. The van der Waals surface area contributed by atoms with Gasteiger partial charge in [0.25, 0.3) is 0 Å². The summed E-state index contributed by atoms with van der Waals surface area (Å²) in [5.41, 5.74) is 0. The quantitative estimate of drug-likeness (QED) is 0.559. The molecule has 0 aromatic heterocycles. The standard InChI is InChI=1S/C8H19O3PS.Zn/c1-3-5-6-8(4-2)7-11-12(9,10)13;/h8H,3-7H2,1-2H3,(H2,9,10,13);. The first-order chi connectivity index (χ1) is 5.99. The van der Waals surface area contributed by atoms with E-state index in [-0.39, 0.29) is 19.5 Å². The summed E-state index contributed by atoms with van der Waals surface area (Å²) < 4.78 is 4.82. The van der Waals surface area contributed by atoms with Crippen molar-refractivity contribution >= 4 is 18.5 Å². The Balaban J connectivity index is 0. The van der Waals surface area contributed by atoms with Crippen LogP contribution in [0.5, 0.6) is 0 Å². The van der Waals surface area contributed by atoms with E-state index >= 15 is 0 Å². The van der Waals surface area contributed by atoms with Crippen molar-refractivity contribution in [1.29, 1.82) is 0 Å². The van der Waals surface area contributed by atoms with Crippen LogP contribution in [0.25, 0.3) is 0 Å². The van der Waals surface area contributed by atoms with Gasteiger partial charge in [0, 0.05) is 19.5 Å². The Labute approximate surface area is 104 Å². The van der Waals surface area contributed by atoms with Crippen molar-refractivity contribution in [3.8, 4) is 0 Å². The van der Waals surface area contributed by atoms with Crippen molar-refractivity contribution in [3.05, 3.63) is 0 Å². The molecule has 0 saturated heterocycles. The molecule has 1 atom stereocenters. The Hall–Kier alpha value is 1.15. The molecule has 2 N–H and O–H groups in total. The predicted molar refractivity (Wildman–Crippen MR) is 58.0 cm³/mol. The van der Waals surface area contributed by atoms with Crippen molar-refractivity contribution < 1.29 is 33.8 Å². The molecule has 0 aliphatic carbocycles. The van der Waals surface area contributed by atoms with Gasteiger partial charge in [-0.25, -0.2) is 0 Å². The molecule has 82 valence electrons. The maximum Gasteiger partial charge on any atom is 0.321 e. The van der Waals surface area contributed by atoms with E-state index in [4.69, 9.17) is 14.3 Å². The third kappa shape index (κ3) is 11.2. The third-order valence-electron chi connectivity index (χ3n) is 2.02. The van der Waals surface area contributed by atoms with E-state index in [0.717, 1.165) is 25.7 Å². The normalized spacial score (nSPS) is 13.4. The molecule has 6 heteroatoms. The van der Waals surface area contributed by atoms with Gasteiger partial charge >= 0.3 is 6.72 Å². The van der Waals surface area contributed by atoms with Gasteiger partial charge in [-0.05, 0) is 24.1 Å². The average Bonchev–Trinajstić information content (AvgIpc) is 2.03. The van der Waals surface area contributed by atoms with E-state index in [1.807, 2.05) is 0 Å². The SMILES string of the molecule is CCCCC(CC)COP(O)(O)=S.[Zn]. The monoisotopic (exact) mass is 290 g/mol. The molecule has 0 amide bonds. The fourth-order valence-electron chi connectivity index (χ4n) is 1.10. The van der Waals surface area contributed by atoms with Gasteiger partial charge in [0.15, 0.2) is 0 Å². The predicted octanol–water partition coefficient (Wildman–Crippen LogP) is 2.43. The summed E-state index contributed by atoms with van der Waals surface area (Å²) >= 11 is 4.36. The Bertz CT molecular complexity index is 174. The summed E-state index contributed by atoms with van der Waals surface area (Å²) in [5.74, 6) is 0.404. The summed E-state index contributed by atoms with van der Waals surface area (Å²) in [7, 11) is 0. The molecule has 14 heavy (non-hydrogen) atoms. The van der Waals surface area contributed by atoms with E-state index in [2.05, 4.69) is 25.7 Å². The molecule has 0 radical (unpaired) electrons. The van der Waals surface area contributed by atoms with Gasteiger partial charge in [-0.3, -0.25) is 0 Å². The molecule has 0 rings (SSSR count). The number of unbranched alkanes of at least 4 members (excludes halogenated alkanes) is 1. The zero-order valence-electron chi connectivity index (χ0n) is 8.98. The van der Waals surface area contributed by atoms with Crippen LogP contribution in [0.15, 0.2) is 0 Å². The molecule has 0 aliphatic heterocycles. The molecule has 0 heterocycles. The van der Waals surface area contributed by atoms with Gasteiger partial charge in [-0.15, -0.1) is 0 Å². The van der Waals surface area contributed by atoms with Crippen LogP contribution < -0.4 is 0 Å². The number of hydrogen-bond acceptors (Lipinski definition) is 2. The molecule has 0 saturated carbocycles. The summed E-state index contributed by atoms with van der Waals surface area (Å²) in [6.45, 7) is 1.15. The minimum absolute atomic E-state index is 0. The molecule has 3 nitrogen and oxygen atoms in total. The van der Waals surface area contributed by atoms with Gasteiger partial charge in [-0.2, -0.15) is 0 Å². The second-order valence-corrected chi connectivity index (χ2v) is 5.87. The van der Waals surface area contributed by atoms with Gasteiger partial charge in [0.1, 0.15) is 0 Å². The Morgan fingerprint density at radius 1 is 1.36 bits per heavy atom. The van der Waals surface area contributed by atoms with Crippen LogP contribution in [0.2, 0.25) is 0 Å². The van der Waals surface area contributed by atoms with Crippen LogP contribution in [0.3, 0.4) is 0 Å². The maximum atomic E-state index is 8.85. The smallest absolute Gasteiger partial charge is 0.321 e. The van der Waals surface area contributed by atoms with E-state index in [1.54, 1.807) is 0 Å². The minimum atomic E-state index is -3.43. The minimum Gasteiger partial charge on any atom is -0.325 e. The fourth-order valence-corrected chi connectivity index (χ4v) is 1.69. The van der Waals surface area contributed by atoms with Crippen molar-refractivity contribution in [2.75, 3.05) is 6.61 Å². The largest absolute Gasteiger partial charge is 0.325 e. The summed E-state index contributed by atoms with van der Waals surface area (Å²) in [4.78, 5) is 17.7. The van der Waals surface area contributed by atoms with Crippen molar-refractivity contribution in [1.82, 2.24) is 0 Å². The van der Waals surface area contributed by atoms with Crippen LogP contribution in [0, 0.1) is 5.92 Å². The molecule has 1 unspecified atom stereocenters. The zero-order valence-corrected chi connectivity index (χ0v) is 13.7. The summed E-state index contributed by atoms with van der Waals surface area (Å²) in [5, 5.41) is 0.